The quantitative estimate of drug-likeness (QED) is 0.195. The van der Waals surface area contributed by atoms with Crippen LogP contribution < -0.4 is 9.46 Å². The lowest BCUT2D eigenvalue weighted by Gasteiger charge is -2.21. The summed E-state index contributed by atoms with van der Waals surface area (Å²) in [6.45, 7) is 3.70. The predicted molar refractivity (Wildman–Crippen MR) is 139 cm³/mol. The first kappa shape index (κ1) is 33.0. The SMILES string of the molecule is Cc1c(Oc2cccc(S(=O)(=O)NC(CCF)S(=O)(=O)CCCF)c2F)ccc([N+](=O)[O-])c1C(=O)OC(C)(C)C. The van der Waals surface area contributed by atoms with E-state index in [2.05, 4.69) is 0 Å². The number of nitro benzene ring substituents is 1. The summed E-state index contributed by atoms with van der Waals surface area (Å²) in [6, 6.07) is 4.92. The van der Waals surface area contributed by atoms with Crippen molar-refractivity contribution in [3.05, 3.63) is 57.4 Å². The molecule has 2 aromatic rings. The molecular formula is C24H29F3N2O9S2. The second-order valence-corrected chi connectivity index (χ2v) is 13.5. The number of nitrogens with one attached hydrogen (secondary N) is 1. The molecule has 1 unspecified atom stereocenters. The van der Waals surface area contributed by atoms with Crippen molar-refractivity contribution in [3.8, 4) is 11.5 Å². The number of hydrogen-bond acceptors (Lipinski definition) is 9. The van der Waals surface area contributed by atoms with Gasteiger partial charge in [0.2, 0.25) is 10.0 Å². The van der Waals surface area contributed by atoms with Gasteiger partial charge in [-0.05, 0) is 52.3 Å². The Labute approximate surface area is 229 Å². The molecule has 0 aliphatic rings. The van der Waals surface area contributed by atoms with E-state index in [0.717, 1.165) is 30.3 Å². The Bertz CT molecular complexity index is 1480. The monoisotopic (exact) mass is 610 g/mol. The average Bonchev–Trinajstić information content (AvgIpc) is 2.83. The molecule has 222 valence electrons. The van der Waals surface area contributed by atoms with Crippen molar-refractivity contribution < 1.29 is 49.2 Å². The number of nitro groups is 1. The second-order valence-electron chi connectivity index (χ2n) is 9.51. The van der Waals surface area contributed by atoms with Gasteiger partial charge in [0.25, 0.3) is 5.69 Å². The third-order valence-corrected chi connectivity index (χ3v) is 9.00. The molecule has 0 radical (unpaired) electrons. The lowest BCUT2D eigenvalue weighted by molar-refractivity contribution is -0.385. The minimum Gasteiger partial charge on any atom is -0.456 e. The molecule has 0 heterocycles. The summed E-state index contributed by atoms with van der Waals surface area (Å²) in [5.41, 5.74) is -2.17. The van der Waals surface area contributed by atoms with Gasteiger partial charge in [0, 0.05) is 18.1 Å². The third-order valence-electron chi connectivity index (χ3n) is 5.28. The Balaban J connectivity index is 2.51. The van der Waals surface area contributed by atoms with Gasteiger partial charge in [-0.25, -0.2) is 26.0 Å². The van der Waals surface area contributed by atoms with E-state index in [0.29, 0.717) is 0 Å². The van der Waals surface area contributed by atoms with E-state index in [1.54, 1.807) is 25.5 Å². The molecule has 0 aliphatic carbocycles. The van der Waals surface area contributed by atoms with Crippen LogP contribution in [0.4, 0.5) is 18.9 Å². The number of alkyl halides is 2. The lowest BCUT2D eigenvalue weighted by Crippen LogP contribution is -2.42. The van der Waals surface area contributed by atoms with Crippen LogP contribution in [0.5, 0.6) is 11.5 Å². The number of benzene rings is 2. The highest BCUT2D eigenvalue weighted by atomic mass is 32.2. The molecule has 1 atom stereocenters. The molecule has 0 aliphatic heterocycles. The van der Waals surface area contributed by atoms with Gasteiger partial charge in [-0.3, -0.25) is 18.9 Å². The Hall–Kier alpha value is -3.24. The maximum Gasteiger partial charge on any atom is 0.346 e. The molecule has 0 fully saturated rings. The predicted octanol–water partition coefficient (Wildman–Crippen LogP) is 4.53. The van der Waals surface area contributed by atoms with Crippen LogP contribution in [0, 0.1) is 22.9 Å². The fourth-order valence-corrected chi connectivity index (χ4v) is 6.86. The number of ether oxygens (including phenoxy) is 2. The van der Waals surface area contributed by atoms with Crippen LogP contribution in [0.25, 0.3) is 0 Å². The summed E-state index contributed by atoms with van der Waals surface area (Å²) in [5.74, 6) is -4.20. The third kappa shape index (κ3) is 8.14. The van der Waals surface area contributed by atoms with Gasteiger partial charge in [0.1, 0.15) is 27.2 Å². The van der Waals surface area contributed by atoms with Crippen LogP contribution in [0.15, 0.2) is 35.2 Å². The summed E-state index contributed by atoms with van der Waals surface area (Å²) in [4.78, 5) is 22.4. The molecule has 0 bridgehead atoms. The van der Waals surface area contributed by atoms with Crippen molar-refractivity contribution in [2.45, 2.75) is 56.4 Å². The number of nitrogens with zero attached hydrogens (tertiary/aromatic N) is 1. The standard InChI is InChI=1S/C24H29F3N2O9S2/c1-15-17(10-9-16(29(31)32)21(15)23(30)38-24(2,3)4)37-18-7-5-8-19(22(18)27)40(35,36)28-20(11-13-26)39(33,34)14-6-12-25/h5,7-10,20,28H,6,11-14H2,1-4H3. The first-order chi connectivity index (χ1) is 18.4. The van der Waals surface area contributed by atoms with Crippen molar-refractivity contribution >= 4 is 31.5 Å². The maximum absolute atomic E-state index is 15.4. The molecule has 2 aromatic carbocycles. The van der Waals surface area contributed by atoms with Gasteiger partial charge in [-0.2, -0.15) is 4.72 Å². The average molecular weight is 611 g/mol. The summed E-state index contributed by atoms with van der Waals surface area (Å²) < 4.78 is 104. The van der Waals surface area contributed by atoms with Crippen LogP contribution >= 0.6 is 0 Å². The largest absolute Gasteiger partial charge is 0.456 e. The van der Waals surface area contributed by atoms with Gasteiger partial charge in [-0.1, -0.05) is 6.07 Å². The number of rotatable bonds is 13. The summed E-state index contributed by atoms with van der Waals surface area (Å²) in [5, 5.41) is 9.54. The minimum atomic E-state index is -4.91. The Kier molecular flexibility index (Phi) is 10.7. The van der Waals surface area contributed by atoms with Gasteiger partial charge in [0.15, 0.2) is 21.4 Å². The summed E-state index contributed by atoms with van der Waals surface area (Å²) in [7, 11) is -9.24. The van der Waals surface area contributed by atoms with Gasteiger partial charge in [-0.15, -0.1) is 0 Å². The molecule has 0 saturated carbocycles. The molecule has 0 aromatic heterocycles. The number of sulfonamides is 1. The van der Waals surface area contributed by atoms with E-state index >= 15 is 4.39 Å². The Morgan fingerprint density at radius 2 is 1.73 bits per heavy atom. The molecular weight excluding hydrogens is 581 g/mol. The van der Waals surface area contributed by atoms with Gasteiger partial charge >= 0.3 is 5.97 Å². The fourth-order valence-electron chi connectivity index (χ4n) is 3.47. The molecule has 1 N–H and O–H groups in total. The summed E-state index contributed by atoms with van der Waals surface area (Å²) >= 11 is 0. The molecule has 40 heavy (non-hydrogen) atoms. The highest BCUT2D eigenvalue weighted by Gasteiger charge is 2.33. The maximum atomic E-state index is 15.4. The van der Waals surface area contributed by atoms with E-state index < -0.39 is 101 Å². The Morgan fingerprint density at radius 1 is 1.07 bits per heavy atom. The first-order valence-electron chi connectivity index (χ1n) is 11.8. The molecule has 2 rings (SSSR count). The number of sulfone groups is 1. The van der Waals surface area contributed by atoms with E-state index in [4.69, 9.17) is 9.47 Å². The molecule has 0 saturated heterocycles. The van der Waals surface area contributed by atoms with Crippen molar-refractivity contribution in [3.63, 3.8) is 0 Å². The van der Waals surface area contributed by atoms with E-state index in [9.17, 15) is 40.5 Å². The Morgan fingerprint density at radius 3 is 2.27 bits per heavy atom. The normalized spacial score (nSPS) is 13.1. The molecule has 11 nitrogen and oxygen atoms in total. The first-order valence-corrected chi connectivity index (χ1v) is 15.0. The van der Waals surface area contributed by atoms with Crippen LogP contribution in [0.1, 0.15) is 49.5 Å². The van der Waals surface area contributed by atoms with Crippen LogP contribution in [-0.2, 0) is 24.6 Å². The van der Waals surface area contributed by atoms with Crippen molar-refractivity contribution in [2.24, 2.45) is 0 Å². The fraction of sp³-hybridized carbons (Fsp3) is 0.458. The minimum absolute atomic E-state index is 0.101. The zero-order chi connectivity index (χ0) is 30.5. The smallest absolute Gasteiger partial charge is 0.346 e. The van der Waals surface area contributed by atoms with Crippen molar-refractivity contribution in [1.29, 1.82) is 0 Å². The van der Waals surface area contributed by atoms with Crippen molar-refractivity contribution in [1.82, 2.24) is 4.72 Å². The van der Waals surface area contributed by atoms with E-state index in [1.165, 1.54) is 6.92 Å². The van der Waals surface area contributed by atoms with Crippen molar-refractivity contribution in [2.75, 3.05) is 19.1 Å². The molecule has 0 amide bonds. The van der Waals surface area contributed by atoms with E-state index in [1.807, 2.05) is 0 Å². The zero-order valence-corrected chi connectivity index (χ0v) is 23.7. The highest BCUT2D eigenvalue weighted by molar-refractivity contribution is 7.94. The van der Waals surface area contributed by atoms with E-state index in [-0.39, 0.29) is 11.3 Å². The van der Waals surface area contributed by atoms with Crippen LogP contribution in [-0.4, -0.2) is 57.8 Å². The molecule has 0 spiro atoms. The number of carbonyl (C=O) groups is 1. The topological polar surface area (TPSA) is 159 Å². The van der Waals surface area contributed by atoms with Crippen LogP contribution in [0.2, 0.25) is 0 Å². The second kappa shape index (κ2) is 13.0. The van der Waals surface area contributed by atoms with Gasteiger partial charge < -0.3 is 9.47 Å². The van der Waals surface area contributed by atoms with Gasteiger partial charge in [0.05, 0.1) is 24.0 Å². The number of hydrogen-bond donors (Lipinski definition) is 1. The number of halogens is 3. The van der Waals surface area contributed by atoms with Crippen LogP contribution in [0.3, 0.4) is 0 Å². The zero-order valence-electron chi connectivity index (χ0n) is 22.1. The number of carbonyl (C=O) groups excluding carboxylic acids is 1. The number of esters is 1. The molecule has 16 heteroatoms. The summed E-state index contributed by atoms with van der Waals surface area (Å²) in [6.07, 6.45) is -1.23. The highest BCUT2D eigenvalue weighted by Crippen LogP contribution is 2.36. The lowest BCUT2D eigenvalue weighted by atomic mass is 10.0.